The largest absolute Gasteiger partial charge is 0.322 e. The predicted octanol–water partition coefficient (Wildman–Crippen LogP) is 2.20. The maximum Gasteiger partial charge on any atom is 0.280 e. The van der Waals surface area contributed by atoms with Gasteiger partial charge in [-0.2, -0.15) is 5.10 Å². The molecule has 0 saturated carbocycles. The number of hydrogen-bond acceptors (Lipinski definition) is 3. The van der Waals surface area contributed by atoms with Crippen LogP contribution in [-0.4, -0.2) is 41.7 Å². The molecule has 0 spiro atoms. The molecule has 2 aromatic carbocycles. The third-order valence-corrected chi connectivity index (χ3v) is 5.05. The summed E-state index contributed by atoms with van der Waals surface area (Å²) in [5.74, 6) is 0.313. The molecule has 0 bridgehead atoms. The molecule has 0 aliphatic carbocycles. The number of rotatable bonds is 7. The Morgan fingerprint density at radius 1 is 0.903 bits per heavy atom. The van der Waals surface area contributed by atoms with E-state index in [1.165, 1.54) is 0 Å². The van der Waals surface area contributed by atoms with E-state index in [2.05, 4.69) is 15.7 Å². The van der Waals surface area contributed by atoms with E-state index in [1.807, 2.05) is 83.3 Å². The highest BCUT2D eigenvalue weighted by Gasteiger charge is 2.17. The molecule has 3 rings (SSSR count). The number of carbonyl (C=O) groups excluding carboxylic acids is 2. The Kier molecular flexibility index (Phi) is 6.87. The topological polar surface area (TPSA) is 80.5 Å². The summed E-state index contributed by atoms with van der Waals surface area (Å²) in [6.45, 7) is 8.19. The summed E-state index contributed by atoms with van der Waals surface area (Å²) < 4.78 is 1.72. The second-order valence-electron chi connectivity index (χ2n) is 8.09. The average Bonchev–Trinajstić information content (AvgIpc) is 3.05. The van der Waals surface area contributed by atoms with Crippen molar-refractivity contribution >= 4 is 23.3 Å². The van der Waals surface area contributed by atoms with Crippen LogP contribution in [0, 0.1) is 27.7 Å². The van der Waals surface area contributed by atoms with Gasteiger partial charge in [0.25, 0.3) is 11.8 Å². The third-order valence-electron chi connectivity index (χ3n) is 5.05. The van der Waals surface area contributed by atoms with E-state index in [-0.39, 0.29) is 24.9 Å². The second-order valence-corrected chi connectivity index (χ2v) is 8.09. The van der Waals surface area contributed by atoms with E-state index in [4.69, 9.17) is 0 Å². The number of quaternary nitrogens is 1. The Morgan fingerprint density at radius 2 is 1.48 bits per heavy atom. The average molecular weight is 421 g/mol. The first-order valence-electron chi connectivity index (χ1n) is 10.3. The number of amides is 2. The minimum absolute atomic E-state index is 0.122. The number of aromatic nitrogens is 2. The molecule has 1 atom stereocenters. The van der Waals surface area contributed by atoms with Crippen molar-refractivity contribution in [2.45, 2.75) is 27.7 Å². The van der Waals surface area contributed by atoms with Crippen molar-refractivity contribution in [1.29, 1.82) is 0 Å². The van der Waals surface area contributed by atoms with Gasteiger partial charge in [-0.15, -0.1) is 0 Å². The van der Waals surface area contributed by atoms with E-state index >= 15 is 0 Å². The van der Waals surface area contributed by atoms with Crippen LogP contribution in [0.4, 0.5) is 11.5 Å². The number of hydrogen-bond donors (Lipinski definition) is 3. The molecule has 0 aliphatic rings. The van der Waals surface area contributed by atoms with Gasteiger partial charge in [0, 0.05) is 11.8 Å². The lowest BCUT2D eigenvalue weighted by molar-refractivity contribution is -0.862. The molecular weight excluding hydrogens is 390 g/mol. The van der Waals surface area contributed by atoms with Crippen LogP contribution < -0.4 is 15.5 Å². The standard InChI is InChI=1S/C24H29N5O2/c1-16-9-11-20(12-10-16)29-21(13-19(4)27-29)25-22(30)14-28(5)15-23(31)26-24-17(2)7-6-8-18(24)3/h6-13H,14-15H2,1-5H3,(H,25,30)(H,26,31)/p+1. The lowest BCUT2D eigenvalue weighted by Crippen LogP contribution is -3.11. The highest BCUT2D eigenvalue weighted by atomic mass is 16.2. The Hall–Kier alpha value is -3.45. The van der Waals surface area contributed by atoms with Gasteiger partial charge in [0.2, 0.25) is 0 Å². The van der Waals surface area contributed by atoms with Gasteiger partial charge in [0.1, 0.15) is 5.82 Å². The van der Waals surface area contributed by atoms with Crippen LogP contribution in [0.2, 0.25) is 0 Å². The Balaban J connectivity index is 1.60. The van der Waals surface area contributed by atoms with Crippen molar-refractivity contribution in [3.8, 4) is 5.69 Å². The molecule has 1 unspecified atom stereocenters. The molecule has 0 fully saturated rings. The number of anilines is 2. The second kappa shape index (κ2) is 9.57. The first kappa shape index (κ1) is 22.2. The van der Waals surface area contributed by atoms with Crippen molar-refractivity contribution < 1.29 is 14.5 Å². The fraction of sp³-hybridized carbons (Fsp3) is 0.292. The Labute approximate surface area is 183 Å². The van der Waals surface area contributed by atoms with Crippen molar-refractivity contribution in [1.82, 2.24) is 9.78 Å². The number of benzene rings is 2. The zero-order valence-electron chi connectivity index (χ0n) is 18.7. The molecule has 0 radical (unpaired) electrons. The summed E-state index contributed by atoms with van der Waals surface area (Å²) >= 11 is 0. The fourth-order valence-corrected chi connectivity index (χ4v) is 3.46. The fourth-order valence-electron chi connectivity index (χ4n) is 3.46. The van der Waals surface area contributed by atoms with Crippen LogP contribution >= 0.6 is 0 Å². The molecule has 3 aromatic rings. The van der Waals surface area contributed by atoms with E-state index < -0.39 is 0 Å². The highest BCUT2D eigenvalue weighted by molar-refractivity contribution is 5.94. The summed E-state index contributed by atoms with van der Waals surface area (Å²) in [4.78, 5) is 25.9. The van der Waals surface area contributed by atoms with Crippen molar-refractivity contribution in [2.75, 3.05) is 30.8 Å². The summed E-state index contributed by atoms with van der Waals surface area (Å²) in [5.41, 5.74) is 5.71. The Morgan fingerprint density at radius 3 is 2.10 bits per heavy atom. The lowest BCUT2D eigenvalue weighted by Gasteiger charge is -2.16. The molecule has 0 saturated heterocycles. The van der Waals surface area contributed by atoms with Crippen LogP contribution in [0.1, 0.15) is 22.4 Å². The van der Waals surface area contributed by atoms with Crippen molar-refractivity contribution in [3.63, 3.8) is 0 Å². The Bertz CT molecular complexity index is 1070. The number of carbonyl (C=O) groups is 2. The molecule has 162 valence electrons. The van der Waals surface area contributed by atoms with E-state index in [0.29, 0.717) is 5.82 Å². The molecular formula is C24H30N5O2+. The summed E-state index contributed by atoms with van der Waals surface area (Å²) in [5, 5.41) is 10.4. The molecule has 1 aromatic heterocycles. The smallest absolute Gasteiger partial charge is 0.280 e. The van der Waals surface area contributed by atoms with Crippen molar-refractivity contribution in [2.24, 2.45) is 0 Å². The van der Waals surface area contributed by atoms with Crippen molar-refractivity contribution in [3.05, 3.63) is 70.9 Å². The number of para-hydroxylation sites is 1. The zero-order valence-corrected chi connectivity index (χ0v) is 18.7. The van der Waals surface area contributed by atoms with Gasteiger partial charge >= 0.3 is 0 Å². The number of likely N-dealkylation sites (N-methyl/N-ethyl adjacent to an activating group) is 1. The monoisotopic (exact) mass is 420 g/mol. The first-order valence-corrected chi connectivity index (χ1v) is 10.3. The maximum atomic E-state index is 12.6. The molecule has 0 aliphatic heterocycles. The summed E-state index contributed by atoms with van der Waals surface area (Å²) in [7, 11) is 1.83. The van der Waals surface area contributed by atoms with Crippen LogP contribution in [-0.2, 0) is 9.59 Å². The van der Waals surface area contributed by atoms with Gasteiger partial charge in [0.15, 0.2) is 13.1 Å². The number of nitrogens with one attached hydrogen (secondary N) is 3. The predicted molar refractivity (Wildman–Crippen MR) is 123 cm³/mol. The van der Waals surface area contributed by atoms with Gasteiger partial charge in [-0.3, -0.25) is 9.59 Å². The first-order chi connectivity index (χ1) is 14.7. The van der Waals surface area contributed by atoms with E-state index in [9.17, 15) is 9.59 Å². The van der Waals surface area contributed by atoms with Gasteiger partial charge in [0.05, 0.1) is 18.4 Å². The SMILES string of the molecule is Cc1ccc(-n2nc(C)cc2NC(=O)C[NH+](C)CC(=O)Nc2c(C)cccc2C)cc1. The van der Waals surface area contributed by atoms with Crippen LogP contribution in [0.3, 0.4) is 0 Å². The molecule has 3 N–H and O–H groups in total. The van der Waals surface area contributed by atoms with Crippen LogP contribution in [0.25, 0.3) is 5.69 Å². The molecule has 2 amide bonds. The lowest BCUT2D eigenvalue weighted by atomic mass is 10.1. The summed E-state index contributed by atoms with van der Waals surface area (Å²) in [6.07, 6.45) is 0. The van der Waals surface area contributed by atoms with Gasteiger partial charge in [-0.1, -0.05) is 35.9 Å². The molecule has 7 nitrogen and oxygen atoms in total. The van der Waals surface area contributed by atoms with Gasteiger partial charge in [-0.25, -0.2) is 4.68 Å². The molecule has 7 heteroatoms. The third kappa shape index (κ3) is 5.79. The van der Waals surface area contributed by atoms with E-state index in [0.717, 1.165) is 38.7 Å². The quantitative estimate of drug-likeness (QED) is 0.548. The molecule has 1 heterocycles. The molecule has 31 heavy (non-hydrogen) atoms. The minimum Gasteiger partial charge on any atom is -0.322 e. The van der Waals surface area contributed by atoms with E-state index in [1.54, 1.807) is 4.68 Å². The van der Waals surface area contributed by atoms with Gasteiger partial charge in [-0.05, 0) is 51.0 Å². The number of aryl methyl sites for hydroxylation is 4. The summed E-state index contributed by atoms with van der Waals surface area (Å²) in [6, 6.07) is 15.7. The van der Waals surface area contributed by atoms with Crippen LogP contribution in [0.5, 0.6) is 0 Å². The van der Waals surface area contributed by atoms with Crippen LogP contribution in [0.15, 0.2) is 48.5 Å². The number of nitrogens with zero attached hydrogens (tertiary/aromatic N) is 2. The van der Waals surface area contributed by atoms with Gasteiger partial charge < -0.3 is 15.5 Å². The highest BCUT2D eigenvalue weighted by Crippen LogP contribution is 2.19. The maximum absolute atomic E-state index is 12.6. The minimum atomic E-state index is -0.175. The zero-order chi connectivity index (χ0) is 22.5. The normalized spacial score (nSPS) is 11.8.